The Kier molecular flexibility index (Phi) is 4.70. The summed E-state index contributed by atoms with van der Waals surface area (Å²) in [5, 5.41) is 15.4. The number of hydrogen-bond acceptors (Lipinski definition) is 3. The molecule has 0 radical (unpaired) electrons. The molecule has 0 saturated carbocycles. The van der Waals surface area contributed by atoms with Crippen molar-refractivity contribution < 1.29 is 9.90 Å². The number of hydrogen-bond donors (Lipinski definition) is 2. The fourth-order valence-corrected chi connectivity index (χ4v) is 3.10. The van der Waals surface area contributed by atoms with Crippen LogP contribution in [0.1, 0.15) is 17.4 Å². The SMILES string of the molecule is CC(NCc1cccs1)(C(=O)O)c1ccc(Cl)cc1Cl. The first kappa shape index (κ1) is 15.3. The lowest BCUT2D eigenvalue weighted by Gasteiger charge is -2.27. The number of aliphatic carboxylic acids is 1. The summed E-state index contributed by atoms with van der Waals surface area (Å²) < 4.78 is 0. The summed E-state index contributed by atoms with van der Waals surface area (Å²) in [4.78, 5) is 12.7. The maximum absolute atomic E-state index is 11.7. The standard InChI is InChI=1S/C14H13Cl2NO2S/c1-14(13(18)19,17-8-10-3-2-6-20-10)11-5-4-9(15)7-12(11)16/h2-7,17H,8H2,1H3,(H,18,19). The predicted molar refractivity (Wildman–Crippen MR) is 82.6 cm³/mol. The molecule has 1 atom stereocenters. The molecule has 1 unspecified atom stereocenters. The molecule has 106 valence electrons. The summed E-state index contributed by atoms with van der Waals surface area (Å²) in [5.74, 6) is -0.988. The molecule has 2 rings (SSSR count). The zero-order valence-corrected chi connectivity index (χ0v) is 13.0. The average molecular weight is 330 g/mol. The summed E-state index contributed by atoms with van der Waals surface area (Å²) in [6, 6.07) is 8.70. The van der Waals surface area contributed by atoms with E-state index >= 15 is 0 Å². The number of carboxylic acid groups (broad SMARTS) is 1. The fourth-order valence-electron chi connectivity index (χ4n) is 1.86. The van der Waals surface area contributed by atoms with E-state index < -0.39 is 11.5 Å². The molecule has 1 aromatic carbocycles. The van der Waals surface area contributed by atoms with Crippen LogP contribution in [0.15, 0.2) is 35.7 Å². The molecule has 0 aliphatic carbocycles. The van der Waals surface area contributed by atoms with E-state index in [-0.39, 0.29) is 0 Å². The van der Waals surface area contributed by atoms with Gasteiger partial charge in [0.2, 0.25) is 0 Å². The van der Waals surface area contributed by atoms with Crippen molar-refractivity contribution in [3.05, 3.63) is 56.2 Å². The molecule has 20 heavy (non-hydrogen) atoms. The normalized spacial score (nSPS) is 13.9. The highest BCUT2D eigenvalue weighted by molar-refractivity contribution is 7.09. The van der Waals surface area contributed by atoms with Gasteiger partial charge < -0.3 is 5.11 Å². The van der Waals surface area contributed by atoms with Crippen molar-refractivity contribution in [1.82, 2.24) is 5.32 Å². The Balaban J connectivity index is 2.31. The minimum Gasteiger partial charge on any atom is -0.480 e. The van der Waals surface area contributed by atoms with E-state index in [1.165, 1.54) is 0 Å². The quantitative estimate of drug-likeness (QED) is 0.866. The van der Waals surface area contributed by atoms with Gasteiger partial charge in [-0.15, -0.1) is 11.3 Å². The van der Waals surface area contributed by atoms with E-state index in [2.05, 4.69) is 5.32 Å². The monoisotopic (exact) mass is 329 g/mol. The van der Waals surface area contributed by atoms with Crippen molar-refractivity contribution in [3.63, 3.8) is 0 Å². The van der Waals surface area contributed by atoms with Gasteiger partial charge in [0.15, 0.2) is 0 Å². The molecule has 2 aromatic rings. The third-order valence-corrected chi connectivity index (χ3v) is 4.52. The minimum absolute atomic E-state index is 0.334. The molecule has 3 nitrogen and oxygen atoms in total. The number of halogens is 2. The van der Waals surface area contributed by atoms with Crippen LogP contribution in [0.3, 0.4) is 0 Å². The second-order valence-corrected chi connectivity index (χ2v) is 6.36. The zero-order chi connectivity index (χ0) is 14.8. The van der Waals surface area contributed by atoms with Crippen LogP contribution in [0.5, 0.6) is 0 Å². The van der Waals surface area contributed by atoms with Gasteiger partial charge in [0.1, 0.15) is 5.54 Å². The Bertz CT molecular complexity index is 616. The lowest BCUT2D eigenvalue weighted by atomic mass is 9.92. The van der Waals surface area contributed by atoms with Crippen LogP contribution < -0.4 is 5.32 Å². The molecule has 1 heterocycles. The average Bonchev–Trinajstić information content (AvgIpc) is 2.88. The first-order valence-corrected chi connectivity index (χ1v) is 7.53. The highest BCUT2D eigenvalue weighted by Crippen LogP contribution is 2.31. The summed E-state index contributed by atoms with van der Waals surface area (Å²) in [6.07, 6.45) is 0. The van der Waals surface area contributed by atoms with Gasteiger partial charge in [-0.2, -0.15) is 0 Å². The molecule has 0 amide bonds. The number of benzene rings is 1. The predicted octanol–water partition coefficient (Wildman–Crippen LogP) is 4.14. The summed E-state index contributed by atoms with van der Waals surface area (Å²) in [7, 11) is 0. The lowest BCUT2D eigenvalue weighted by Crippen LogP contribution is -2.46. The second kappa shape index (κ2) is 6.14. The molecule has 0 saturated heterocycles. The topological polar surface area (TPSA) is 49.3 Å². The third kappa shape index (κ3) is 3.15. The number of thiophene rings is 1. The van der Waals surface area contributed by atoms with Crippen molar-refractivity contribution in [1.29, 1.82) is 0 Å². The Morgan fingerprint density at radius 1 is 1.40 bits per heavy atom. The molecule has 0 bridgehead atoms. The van der Waals surface area contributed by atoms with Gasteiger partial charge in [0, 0.05) is 27.0 Å². The Morgan fingerprint density at radius 3 is 2.70 bits per heavy atom. The molecule has 2 N–H and O–H groups in total. The van der Waals surface area contributed by atoms with Gasteiger partial charge >= 0.3 is 5.97 Å². The Labute approximate surface area is 131 Å². The number of carbonyl (C=O) groups is 1. The van der Waals surface area contributed by atoms with Crippen LogP contribution in [0.25, 0.3) is 0 Å². The van der Waals surface area contributed by atoms with E-state index in [0.717, 1.165) is 4.88 Å². The highest BCUT2D eigenvalue weighted by Gasteiger charge is 2.36. The Hall–Kier alpha value is -1.07. The van der Waals surface area contributed by atoms with Gasteiger partial charge in [-0.05, 0) is 30.5 Å². The molecule has 1 aromatic heterocycles. The van der Waals surface area contributed by atoms with Gasteiger partial charge in [-0.3, -0.25) is 5.32 Å². The summed E-state index contributed by atoms with van der Waals surface area (Å²) in [6.45, 7) is 2.05. The van der Waals surface area contributed by atoms with Crippen LogP contribution in [0.4, 0.5) is 0 Å². The maximum Gasteiger partial charge on any atom is 0.328 e. The van der Waals surface area contributed by atoms with E-state index in [4.69, 9.17) is 23.2 Å². The van der Waals surface area contributed by atoms with Gasteiger partial charge in [0.25, 0.3) is 0 Å². The van der Waals surface area contributed by atoms with Crippen LogP contribution in [0, 0.1) is 0 Å². The van der Waals surface area contributed by atoms with Crippen LogP contribution >= 0.6 is 34.5 Å². The number of carboxylic acids is 1. The second-order valence-electron chi connectivity index (χ2n) is 4.49. The summed E-state index contributed by atoms with van der Waals surface area (Å²) in [5.41, 5.74) is -0.779. The van der Waals surface area contributed by atoms with Crippen molar-refractivity contribution in [2.45, 2.75) is 19.0 Å². The van der Waals surface area contributed by atoms with E-state index in [1.807, 2.05) is 17.5 Å². The first-order valence-electron chi connectivity index (χ1n) is 5.90. The highest BCUT2D eigenvalue weighted by atomic mass is 35.5. The zero-order valence-electron chi connectivity index (χ0n) is 10.7. The molecule has 0 aliphatic rings. The molecule has 0 aliphatic heterocycles. The van der Waals surface area contributed by atoms with Gasteiger partial charge in [-0.1, -0.05) is 35.3 Å². The maximum atomic E-state index is 11.7. The van der Waals surface area contributed by atoms with Gasteiger partial charge in [-0.25, -0.2) is 4.79 Å². The molecule has 0 spiro atoms. The van der Waals surface area contributed by atoms with Crippen LogP contribution in [-0.4, -0.2) is 11.1 Å². The number of rotatable bonds is 5. The molecule has 6 heteroatoms. The van der Waals surface area contributed by atoms with Crippen molar-refractivity contribution in [2.75, 3.05) is 0 Å². The van der Waals surface area contributed by atoms with Crippen LogP contribution in [-0.2, 0) is 16.9 Å². The smallest absolute Gasteiger partial charge is 0.328 e. The molecule has 0 fully saturated rings. The van der Waals surface area contributed by atoms with Crippen LogP contribution in [0.2, 0.25) is 10.0 Å². The van der Waals surface area contributed by atoms with E-state index in [1.54, 1.807) is 36.5 Å². The Morgan fingerprint density at radius 2 is 2.15 bits per heavy atom. The van der Waals surface area contributed by atoms with E-state index in [0.29, 0.717) is 22.2 Å². The van der Waals surface area contributed by atoms with Crippen molar-refractivity contribution in [2.24, 2.45) is 0 Å². The fraction of sp³-hybridized carbons (Fsp3) is 0.214. The first-order chi connectivity index (χ1) is 9.43. The third-order valence-electron chi connectivity index (χ3n) is 3.09. The lowest BCUT2D eigenvalue weighted by molar-refractivity contribution is -0.144. The molecular formula is C14H13Cl2NO2S. The van der Waals surface area contributed by atoms with Gasteiger partial charge in [0.05, 0.1) is 0 Å². The molecular weight excluding hydrogens is 317 g/mol. The van der Waals surface area contributed by atoms with E-state index in [9.17, 15) is 9.90 Å². The number of nitrogens with one attached hydrogen (secondary N) is 1. The minimum atomic E-state index is -1.27. The summed E-state index contributed by atoms with van der Waals surface area (Å²) >= 11 is 13.6. The van der Waals surface area contributed by atoms with Crippen molar-refractivity contribution in [3.8, 4) is 0 Å². The largest absolute Gasteiger partial charge is 0.480 e. The van der Waals surface area contributed by atoms with Crippen molar-refractivity contribution >= 4 is 40.5 Å².